The molecule has 2 amide bonds. The Kier molecular flexibility index (Phi) is 4.19. The number of hydrogen-bond acceptors (Lipinski definition) is 2. The lowest BCUT2D eigenvalue weighted by Gasteiger charge is -2.17. The number of carbonyl (C=O) groups excluding carboxylic acids is 2. The molecule has 0 bridgehead atoms. The second-order valence-electron chi connectivity index (χ2n) is 5.36. The minimum Gasteiger partial charge on any atom is -0.352 e. The van der Waals surface area contributed by atoms with Gasteiger partial charge in [0, 0.05) is 18.8 Å². The summed E-state index contributed by atoms with van der Waals surface area (Å²) in [5, 5.41) is 2.79. The van der Waals surface area contributed by atoms with Gasteiger partial charge in [-0.05, 0) is 23.6 Å². The molecule has 0 spiro atoms. The van der Waals surface area contributed by atoms with Crippen LogP contribution in [0.5, 0.6) is 0 Å². The molecule has 22 heavy (non-hydrogen) atoms. The Hall–Kier alpha value is -2.62. The second kappa shape index (κ2) is 6.43. The molecule has 0 atom stereocenters. The van der Waals surface area contributed by atoms with Crippen LogP contribution in [-0.4, -0.2) is 18.4 Å². The fraction of sp³-hybridized carbons (Fsp3) is 0.222. The molecule has 2 aromatic carbocycles. The number of carbonyl (C=O) groups is 2. The van der Waals surface area contributed by atoms with E-state index in [1.54, 1.807) is 4.90 Å². The van der Waals surface area contributed by atoms with Crippen LogP contribution in [0.15, 0.2) is 54.6 Å². The van der Waals surface area contributed by atoms with E-state index in [0.717, 1.165) is 17.7 Å². The first-order valence-corrected chi connectivity index (χ1v) is 7.43. The zero-order valence-electron chi connectivity index (χ0n) is 12.3. The van der Waals surface area contributed by atoms with Gasteiger partial charge in [-0.3, -0.25) is 9.59 Å². The Bertz CT molecular complexity index is 682. The highest BCUT2D eigenvalue weighted by atomic mass is 16.2. The van der Waals surface area contributed by atoms with Crippen molar-refractivity contribution in [2.75, 3.05) is 11.4 Å². The number of para-hydroxylation sites is 1. The summed E-state index contributed by atoms with van der Waals surface area (Å²) in [4.78, 5) is 25.9. The van der Waals surface area contributed by atoms with Crippen molar-refractivity contribution >= 4 is 17.5 Å². The summed E-state index contributed by atoms with van der Waals surface area (Å²) >= 11 is 0. The molecule has 1 N–H and O–H groups in total. The zero-order valence-corrected chi connectivity index (χ0v) is 12.3. The van der Waals surface area contributed by atoms with Crippen LogP contribution in [0.25, 0.3) is 0 Å². The van der Waals surface area contributed by atoms with Crippen molar-refractivity contribution < 1.29 is 9.59 Å². The number of fused-ring (bicyclic) bond motifs is 1. The Morgan fingerprint density at radius 1 is 1.00 bits per heavy atom. The van der Waals surface area contributed by atoms with Crippen molar-refractivity contribution in [2.24, 2.45) is 0 Å². The first-order valence-electron chi connectivity index (χ1n) is 7.43. The van der Waals surface area contributed by atoms with E-state index in [-0.39, 0.29) is 18.2 Å². The first-order chi connectivity index (χ1) is 10.7. The molecule has 0 unspecified atom stereocenters. The molecule has 1 aliphatic rings. The summed E-state index contributed by atoms with van der Waals surface area (Å²) < 4.78 is 0. The molecule has 0 saturated heterocycles. The molecule has 4 nitrogen and oxygen atoms in total. The van der Waals surface area contributed by atoms with Crippen LogP contribution >= 0.6 is 0 Å². The quantitative estimate of drug-likeness (QED) is 0.880. The third-order valence-electron chi connectivity index (χ3n) is 3.83. The number of rotatable bonds is 4. The normalized spacial score (nSPS) is 12.8. The van der Waals surface area contributed by atoms with Gasteiger partial charge in [0.1, 0.15) is 6.42 Å². The van der Waals surface area contributed by atoms with Crippen LogP contribution in [0.4, 0.5) is 5.69 Å². The van der Waals surface area contributed by atoms with Crippen molar-refractivity contribution in [3.05, 3.63) is 65.7 Å². The lowest BCUT2D eigenvalue weighted by Crippen LogP contribution is -2.34. The molecule has 0 radical (unpaired) electrons. The van der Waals surface area contributed by atoms with Crippen molar-refractivity contribution in [1.82, 2.24) is 5.32 Å². The Morgan fingerprint density at radius 3 is 2.55 bits per heavy atom. The first kappa shape index (κ1) is 14.3. The van der Waals surface area contributed by atoms with Crippen LogP contribution < -0.4 is 10.2 Å². The molecular weight excluding hydrogens is 276 g/mol. The summed E-state index contributed by atoms with van der Waals surface area (Å²) in [6.45, 7) is 1.10. The molecule has 2 aromatic rings. The van der Waals surface area contributed by atoms with E-state index in [4.69, 9.17) is 0 Å². The molecule has 0 aliphatic carbocycles. The van der Waals surface area contributed by atoms with Crippen LogP contribution in [0.1, 0.15) is 17.5 Å². The van der Waals surface area contributed by atoms with E-state index >= 15 is 0 Å². The Labute approximate surface area is 129 Å². The van der Waals surface area contributed by atoms with Crippen molar-refractivity contribution in [3.63, 3.8) is 0 Å². The number of anilines is 1. The summed E-state index contributed by atoms with van der Waals surface area (Å²) in [5.74, 6) is -0.381. The van der Waals surface area contributed by atoms with Gasteiger partial charge in [-0.15, -0.1) is 0 Å². The van der Waals surface area contributed by atoms with Crippen LogP contribution in [0.2, 0.25) is 0 Å². The summed E-state index contributed by atoms with van der Waals surface area (Å²) in [5.41, 5.74) is 3.12. The van der Waals surface area contributed by atoms with Crippen LogP contribution in [-0.2, 0) is 22.6 Å². The highest BCUT2D eigenvalue weighted by Gasteiger charge is 2.25. The van der Waals surface area contributed by atoms with Gasteiger partial charge in [0.15, 0.2) is 0 Å². The summed E-state index contributed by atoms with van der Waals surface area (Å²) in [7, 11) is 0. The van der Waals surface area contributed by atoms with Crippen LogP contribution in [0, 0.1) is 0 Å². The molecule has 4 heteroatoms. The number of nitrogens with zero attached hydrogens (tertiary/aromatic N) is 1. The van der Waals surface area contributed by atoms with Crippen molar-refractivity contribution in [3.8, 4) is 0 Å². The van der Waals surface area contributed by atoms with E-state index in [9.17, 15) is 9.59 Å². The van der Waals surface area contributed by atoms with Gasteiger partial charge in [0.2, 0.25) is 11.8 Å². The van der Waals surface area contributed by atoms with Gasteiger partial charge in [-0.1, -0.05) is 48.5 Å². The minimum atomic E-state index is -0.238. The standard InChI is InChI=1S/C18H18N2O2/c21-17(19-13-14-6-2-1-3-7-14)12-18(22)20-11-10-15-8-4-5-9-16(15)20/h1-9H,10-13H2,(H,19,21). The van der Waals surface area contributed by atoms with Gasteiger partial charge >= 0.3 is 0 Å². The molecule has 112 valence electrons. The molecule has 0 fully saturated rings. The highest BCUT2D eigenvalue weighted by Crippen LogP contribution is 2.27. The predicted molar refractivity (Wildman–Crippen MR) is 85.4 cm³/mol. The number of hydrogen-bond donors (Lipinski definition) is 1. The number of benzene rings is 2. The van der Waals surface area contributed by atoms with Crippen molar-refractivity contribution in [2.45, 2.75) is 19.4 Å². The molecule has 3 rings (SSSR count). The van der Waals surface area contributed by atoms with Gasteiger partial charge in [-0.25, -0.2) is 0 Å². The lowest BCUT2D eigenvalue weighted by molar-refractivity contribution is -0.128. The van der Waals surface area contributed by atoms with Gasteiger partial charge in [0.05, 0.1) is 0 Å². The van der Waals surface area contributed by atoms with E-state index in [2.05, 4.69) is 5.32 Å². The molecule has 1 heterocycles. The lowest BCUT2D eigenvalue weighted by atomic mass is 10.2. The fourth-order valence-corrected chi connectivity index (χ4v) is 2.69. The maximum absolute atomic E-state index is 12.3. The average Bonchev–Trinajstić information content (AvgIpc) is 2.98. The minimum absolute atomic E-state index is 0.110. The van der Waals surface area contributed by atoms with Gasteiger partial charge in [0.25, 0.3) is 0 Å². The monoisotopic (exact) mass is 294 g/mol. The number of nitrogens with one attached hydrogen (secondary N) is 1. The molecule has 1 aliphatic heterocycles. The van der Waals surface area contributed by atoms with Gasteiger partial charge < -0.3 is 10.2 Å². The second-order valence-corrected chi connectivity index (χ2v) is 5.36. The van der Waals surface area contributed by atoms with Crippen LogP contribution in [0.3, 0.4) is 0 Å². The van der Waals surface area contributed by atoms with E-state index in [1.165, 1.54) is 5.56 Å². The Morgan fingerprint density at radius 2 is 1.73 bits per heavy atom. The summed E-state index contributed by atoms with van der Waals surface area (Å²) in [6.07, 6.45) is 0.745. The van der Waals surface area contributed by atoms with Gasteiger partial charge in [-0.2, -0.15) is 0 Å². The van der Waals surface area contributed by atoms with E-state index in [1.807, 2.05) is 54.6 Å². The molecule has 0 saturated carbocycles. The molecular formula is C18H18N2O2. The third kappa shape index (κ3) is 3.17. The topological polar surface area (TPSA) is 49.4 Å². The highest BCUT2D eigenvalue weighted by molar-refractivity contribution is 6.05. The average molecular weight is 294 g/mol. The molecule has 0 aromatic heterocycles. The van der Waals surface area contributed by atoms with E-state index in [0.29, 0.717) is 13.1 Å². The third-order valence-corrected chi connectivity index (χ3v) is 3.83. The Balaban J connectivity index is 1.55. The maximum Gasteiger partial charge on any atom is 0.236 e. The zero-order chi connectivity index (χ0) is 15.4. The summed E-state index contributed by atoms with van der Waals surface area (Å²) in [6, 6.07) is 17.5. The van der Waals surface area contributed by atoms with E-state index < -0.39 is 0 Å². The smallest absolute Gasteiger partial charge is 0.236 e. The largest absolute Gasteiger partial charge is 0.352 e. The maximum atomic E-state index is 12.3. The fourth-order valence-electron chi connectivity index (χ4n) is 2.69. The number of amides is 2. The predicted octanol–water partition coefficient (Wildman–Crippen LogP) is 2.28. The SMILES string of the molecule is O=C(CC(=O)N1CCc2ccccc21)NCc1ccccc1. The van der Waals surface area contributed by atoms with Crippen molar-refractivity contribution in [1.29, 1.82) is 0 Å².